The van der Waals surface area contributed by atoms with E-state index in [0.29, 0.717) is 27.0 Å². The smallest absolute Gasteiger partial charge is 0.169 e. The Morgan fingerprint density at radius 1 is 1.00 bits per heavy atom. The number of benzene rings is 1. The standard InChI is InChI=1S/C12H6Cl3NO/c13-8-3-7(4-9(14)5-8)11-2-1-10(15)12(6-17)16-11/h1-6H. The molecule has 0 unspecified atom stereocenters. The van der Waals surface area contributed by atoms with Gasteiger partial charge in [0.15, 0.2) is 6.29 Å². The normalized spacial score (nSPS) is 10.3. The summed E-state index contributed by atoms with van der Waals surface area (Å²) in [5.74, 6) is 0. The van der Waals surface area contributed by atoms with Gasteiger partial charge in [-0.15, -0.1) is 0 Å². The Morgan fingerprint density at radius 2 is 1.65 bits per heavy atom. The fraction of sp³-hybridized carbons (Fsp3) is 0. The molecule has 86 valence electrons. The van der Waals surface area contributed by atoms with Crippen LogP contribution < -0.4 is 0 Å². The summed E-state index contributed by atoms with van der Waals surface area (Å²) in [5.41, 5.74) is 1.53. The third-order valence-electron chi connectivity index (χ3n) is 2.14. The summed E-state index contributed by atoms with van der Waals surface area (Å²) in [7, 11) is 0. The highest BCUT2D eigenvalue weighted by atomic mass is 35.5. The first-order valence-electron chi connectivity index (χ1n) is 4.68. The highest BCUT2D eigenvalue weighted by Crippen LogP contribution is 2.27. The zero-order valence-electron chi connectivity index (χ0n) is 8.45. The minimum absolute atomic E-state index is 0.195. The molecule has 0 bridgehead atoms. The van der Waals surface area contributed by atoms with Crippen LogP contribution >= 0.6 is 34.8 Å². The first-order chi connectivity index (χ1) is 8.10. The minimum atomic E-state index is 0.195. The average Bonchev–Trinajstić information content (AvgIpc) is 2.28. The topological polar surface area (TPSA) is 30.0 Å². The molecule has 1 aromatic heterocycles. The molecule has 0 spiro atoms. The SMILES string of the molecule is O=Cc1nc(-c2cc(Cl)cc(Cl)c2)ccc1Cl. The Morgan fingerprint density at radius 3 is 2.24 bits per heavy atom. The molecular weight excluding hydrogens is 280 g/mol. The van der Waals surface area contributed by atoms with Crippen molar-refractivity contribution in [2.24, 2.45) is 0 Å². The number of hydrogen-bond acceptors (Lipinski definition) is 2. The van der Waals surface area contributed by atoms with Crippen molar-refractivity contribution in [3.63, 3.8) is 0 Å². The summed E-state index contributed by atoms with van der Waals surface area (Å²) < 4.78 is 0. The van der Waals surface area contributed by atoms with Gasteiger partial charge in [0.1, 0.15) is 5.69 Å². The third-order valence-corrected chi connectivity index (χ3v) is 2.90. The van der Waals surface area contributed by atoms with Gasteiger partial charge in [-0.2, -0.15) is 0 Å². The van der Waals surface area contributed by atoms with Crippen LogP contribution in [0, 0.1) is 0 Å². The van der Waals surface area contributed by atoms with Crippen molar-refractivity contribution in [3.05, 3.63) is 51.1 Å². The lowest BCUT2D eigenvalue weighted by molar-refractivity contribution is 0.111. The lowest BCUT2D eigenvalue weighted by atomic mass is 10.1. The van der Waals surface area contributed by atoms with Crippen molar-refractivity contribution < 1.29 is 4.79 Å². The molecule has 2 rings (SSSR count). The van der Waals surface area contributed by atoms with Gasteiger partial charge in [-0.3, -0.25) is 4.79 Å². The van der Waals surface area contributed by atoms with E-state index in [9.17, 15) is 4.79 Å². The summed E-state index contributed by atoms with van der Waals surface area (Å²) in [6, 6.07) is 8.39. The maximum atomic E-state index is 10.7. The Balaban J connectivity index is 2.56. The van der Waals surface area contributed by atoms with Crippen LogP contribution in [-0.2, 0) is 0 Å². The number of aromatic nitrogens is 1. The molecule has 0 saturated heterocycles. The van der Waals surface area contributed by atoms with E-state index in [1.807, 2.05) is 0 Å². The van der Waals surface area contributed by atoms with Crippen LogP contribution in [0.2, 0.25) is 15.1 Å². The molecule has 0 aliphatic carbocycles. The number of hydrogen-bond donors (Lipinski definition) is 0. The van der Waals surface area contributed by atoms with Gasteiger partial charge in [0.25, 0.3) is 0 Å². The monoisotopic (exact) mass is 285 g/mol. The van der Waals surface area contributed by atoms with E-state index < -0.39 is 0 Å². The Labute approximate surface area is 113 Å². The van der Waals surface area contributed by atoms with Gasteiger partial charge < -0.3 is 0 Å². The molecule has 17 heavy (non-hydrogen) atoms. The number of rotatable bonds is 2. The summed E-state index contributed by atoms with van der Waals surface area (Å²) in [6.07, 6.45) is 0.609. The lowest BCUT2D eigenvalue weighted by Gasteiger charge is -2.04. The maximum Gasteiger partial charge on any atom is 0.169 e. The quantitative estimate of drug-likeness (QED) is 0.760. The zero-order chi connectivity index (χ0) is 12.4. The van der Waals surface area contributed by atoms with Gasteiger partial charge >= 0.3 is 0 Å². The molecule has 0 radical (unpaired) electrons. The van der Waals surface area contributed by atoms with Gasteiger partial charge in [0.05, 0.1) is 10.7 Å². The second-order valence-corrected chi connectivity index (χ2v) is 4.62. The van der Waals surface area contributed by atoms with Crippen LogP contribution in [0.3, 0.4) is 0 Å². The summed E-state index contributed by atoms with van der Waals surface area (Å²) in [5, 5.41) is 1.34. The average molecular weight is 287 g/mol. The zero-order valence-corrected chi connectivity index (χ0v) is 10.7. The first-order valence-corrected chi connectivity index (χ1v) is 5.82. The molecule has 2 aromatic rings. The van der Waals surface area contributed by atoms with Gasteiger partial charge in [0.2, 0.25) is 0 Å². The number of carbonyl (C=O) groups excluding carboxylic acids is 1. The highest BCUT2D eigenvalue weighted by molar-refractivity contribution is 6.35. The molecule has 1 aromatic carbocycles. The molecule has 0 amide bonds. The van der Waals surface area contributed by atoms with Crippen LogP contribution in [0.1, 0.15) is 10.5 Å². The summed E-state index contributed by atoms with van der Waals surface area (Å²) in [6.45, 7) is 0. The Hall–Kier alpha value is -1.09. The van der Waals surface area contributed by atoms with Crippen molar-refractivity contribution in [3.8, 4) is 11.3 Å². The van der Waals surface area contributed by atoms with Gasteiger partial charge in [-0.25, -0.2) is 4.98 Å². The van der Waals surface area contributed by atoms with E-state index in [2.05, 4.69) is 4.98 Å². The van der Waals surface area contributed by atoms with Crippen molar-refractivity contribution in [1.29, 1.82) is 0 Å². The molecule has 1 heterocycles. The fourth-order valence-electron chi connectivity index (χ4n) is 1.40. The highest BCUT2D eigenvalue weighted by Gasteiger charge is 2.06. The number of halogens is 3. The maximum absolute atomic E-state index is 10.7. The predicted octanol–water partition coefficient (Wildman–Crippen LogP) is 4.52. The van der Waals surface area contributed by atoms with E-state index in [-0.39, 0.29) is 5.69 Å². The largest absolute Gasteiger partial charge is 0.296 e. The Bertz CT molecular complexity index is 564. The molecule has 0 N–H and O–H groups in total. The molecule has 0 fully saturated rings. The van der Waals surface area contributed by atoms with Gasteiger partial charge in [-0.05, 0) is 30.3 Å². The van der Waals surface area contributed by atoms with E-state index in [4.69, 9.17) is 34.8 Å². The van der Waals surface area contributed by atoms with Crippen LogP contribution in [0.5, 0.6) is 0 Å². The number of carbonyl (C=O) groups is 1. The number of nitrogens with zero attached hydrogens (tertiary/aromatic N) is 1. The van der Waals surface area contributed by atoms with Crippen molar-refractivity contribution >= 4 is 41.1 Å². The molecule has 0 atom stereocenters. The van der Waals surface area contributed by atoms with E-state index in [1.54, 1.807) is 30.3 Å². The number of pyridine rings is 1. The summed E-state index contributed by atoms with van der Waals surface area (Å²) in [4.78, 5) is 14.9. The van der Waals surface area contributed by atoms with Gasteiger partial charge in [0, 0.05) is 15.6 Å². The minimum Gasteiger partial charge on any atom is -0.296 e. The van der Waals surface area contributed by atoms with Gasteiger partial charge in [-0.1, -0.05) is 34.8 Å². The van der Waals surface area contributed by atoms with Crippen molar-refractivity contribution in [1.82, 2.24) is 4.98 Å². The first kappa shape index (κ1) is 12.4. The van der Waals surface area contributed by atoms with E-state index in [1.165, 1.54) is 0 Å². The second kappa shape index (κ2) is 5.05. The van der Waals surface area contributed by atoms with Crippen LogP contribution in [-0.4, -0.2) is 11.3 Å². The predicted molar refractivity (Wildman–Crippen MR) is 70.1 cm³/mol. The second-order valence-electron chi connectivity index (χ2n) is 3.34. The molecule has 2 nitrogen and oxygen atoms in total. The van der Waals surface area contributed by atoms with Crippen molar-refractivity contribution in [2.45, 2.75) is 0 Å². The molecular formula is C12H6Cl3NO. The van der Waals surface area contributed by atoms with Crippen LogP contribution in [0.25, 0.3) is 11.3 Å². The number of aldehydes is 1. The van der Waals surface area contributed by atoms with E-state index >= 15 is 0 Å². The fourth-order valence-corrected chi connectivity index (χ4v) is 2.08. The lowest BCUT2D eigenvalue weighted by Crippen LogP contribution is -1.91. The Kier molecular flexibility index (Phi) is 3.67. The summed E-state index contributed by atoms with van der Waals surface area (Å²) >= 11 is 17.6. The molecule has 0 aliphatic heterocycles. The van der Waals surface area contributed by atoms with Crippen LogP contribution in [0.15, 0.2) is 30.3 Å². The molecule has 5 heteroatoms. The van der Waals surface area contributed by atoms with Crippen molar-refractivity contribution in [2.75, 3.05) is 0 Å². The molecule has 0 saturated carbocycles. The van der Waals surface area contributed by atoms with E-state index in [0.717, 1.165) is 5.56 Å². The third kappa shape index (κ3) is 2.78. The molecule has 0 aliphatic rings. The van der Waals surface area contributed by atoms with Crippen LogP contribution in [0.4, 0.5) is 0 Å².